The maximum atomic E-state index is 14.5. The summed E-state index contributed by atoms with van der Waals surface area (Å²) in [6, 6.07) is 0. The van der Waals surface area contributed by atoms with Crippen LogP contribution in [0.4, 0.5) is 0 Å². The Morgan fingerprint density at radius 2 is 1.00 bits per heavy atom. The predicted molar refractivity (Wildman–Crippen MR) is 182 cm³/mol. The molecule has 4 aliphatic rings. The zero-order valence-electron chi connectivity index (χ0n) is 31.4. The van der Waals surface area contributed by atoms with Gasteiger partial charge in [0.15, 0.2) is 28.9 Å². The van der Waals surface area contributed by atoms with Gasteiger partial charge in [-0.3, -0.25) is 24.0 Å². The lowest BCUT2D eigenvalue weighted by Gasteiger charge is -2.48. The van der Waals surface area contributed by atoms with E-state index in [0.29, 0.717) is 28.0 Å². The third kappa shape index (κ3) is 4.49. The summed E-state index contributed by atoms with van der Waals surface area (Å²) in [5.74, 6) is -2.13. The van der Waals surface area contributed by atoms with Crippen LogP contribution in [0.5, 0.6) is 17.2 Å². The van der Waals surface area contributed by atoms with Gasteiger partial charge in [-0.1, -0.05) is 41.5 Å². The SMILES string of the molecule is CCOc1c2c(c(C(=O)C(C)C)c3c1[C@@H](C(C)C)C1=C(O3)C(C)(C)C(=O)C(C)(C)C1=O)OC1=C(C(=O)C(C)(C)C(=O)C1(C)C)[C@H]2C(C)C. The van der Waals surface area contributed by atoms with E-state index in [2.05, 4.69) is 0 Å². The van der Waals surface area contributed by atoms with Gasteiger partial charge in [0.25, 0.3) is 0 Å². The average Bonchev–Trinajstić information content (AvgIpc) is 2.99. The smallest absolute Gasteiger partial charge is 0.175 e. The van der Waals surface area contributed by atoms with Crippen molar-refractivity contribution in [2.75, 3.05) is 6.61 Å². The van der Waals surface area contributed by atoms with Crippen molar-refractivity contribution >= 4 is 28.9 Å². The first-order valence-corrected chi connectivity index (χ1v) is 17.4. The summed E-state index contributed by atoms with van der Waals surface area (Å²) in [6.07, 6.45) is 0. The summed E-state index contributed by atoms with van der Waals surface area (Å²) in [6.45, 7) is 27.4. The first-order chi connectivity index (χ1) is 21.9. The van der Waals surface area contributed by atoms with E-state index < -0.39 is 39.4 Å². The standard InChI is InChI=1S/C40H52O8/c1-16-46-28-22-20(17(2)3)24-31(42)37(8,9)35(44)39(12,13)33(24)47-29(22)26(27(41)19(6)7)30-23(28)21(18(4)5)25-32(43)38(10,11)36(45)40(14,15)34(25)48-30/h17-21H,16H2,1-15H3/t20-,21+. The fourth-order valence-electron chi connectivity index (χ4n) is 8.60. The predicted octanol–water partition coefficient (Wildman–Crippen LogP) is 8.10. The van der Waals surface area contributed by atoms with Crippen LogP contribution in [0.25, 0.3) is 0 Å². The van der Waals surface area contributed by atoms with Crippen LogP contribution in [0.2, 0.25) is 0 Å². The molecule has 8 nitrogen and oxygen atoms in total. The van der Waals surface area contributed by atoms with Gasteiger partial charge in [0.1, 0.15) is 34.3 Å². The minimum absolute atomic E-state index is 0.175. The molecule has 2 aliphatic carbocycles. The van der Waals surface area contributed by atoms with Crippen molar-refractivity contribution < 1.29 is 38.2 Å². The first-order valence-electron chi connectivity index (χ1n) is 17.4. The average molecular weight is 661 g/mol. The molecule has 5 rings (SSSR count). The molecule has 0 unspecified atom stereocenters. The molecule has 0 saturated heterocycles. The van der Waals surface area contributed by atoms with Crippen molar-refractivity contribution in [2.24, 2.45) is 39.4 Å². The molecule has 0 saturated carbocycles. The summed E-state index contributed by atoms with van der Waals surface area (Å²) in [4.78, 5) is 71.1. The zero-order valence-corrected chi connectivity index (χ0v) is 31.4. The molecule has 0 bridgehead atoms. The Morgan fingerprint density at radius 3 is 1.29 bits per heavy atom. The molecule has 48 heavy (non-hydrogen) atoms. The highest BCUT2D eigenvalue weighted by Crippen LogP contribution is 2.64. The largest absolute Gasteiger partial charge is 0.493 e. The lowest BCUT2D eigenvalue weighted by molar-refractivity contribution is -0.146. The second kappa shape index (κ2) is 11.0. The number of fused-ring (bicyclic) bond motifs is 2. The van der Waals surface area contributed by atoms with Crippen molar-refractivity contribution in [1.82, 2.24) is 0 Å². The van der Waals surface area contributed by atoms with Gasteiger partial charge in [-0.2, -0.15) is 0 Å². The molecular weight excluding hydrogens is 608 g/mol. The molecule has 1 aromatic rings. The Balaban J connectivity index is 2.01. The Hall–Kier alpha value is -3.55. The number of allylic oxidation sites excluding steroid dienone is 4. The monoisotopic (exact) mass is 660 g/mol. The van der Waals surface area contributed by atoms with Crippen LogP contribution in [-0.2, 0) is 19.2 Å². The molecule has 0 fully saturated rings. The highest BCUT2D eigenvalue weighted by molar-refractivity contribution is 6.21. The molecule has 0 amide bonds. The highest BCUT2D eigenvalue weighted by atomic mass is 16.5. The Labute approximate surface area is 285 Å². The van der Waals surface area contributed by atoms with Crippen LogP contribution in [-0.4, -0.2) is 35.5 Å². The molecular formula is C40H52O8. The van der Waals surface area contributed by atoms with Crippen LogP contribution in [0.1, 0.15) is 137 Å². The van der Waals surface area contributed by atoms with E-state index in [9.17, 15) is 24.0 Å². The fourth-order valence-corrected chi connectivity index (χ4v) is 8.60. The number of hydrogen-bond donors (Lipinski definition) is 0. The number of Topliss-reactive ketones (excluding diaryl/α,β-unsaturated/α-hetero) is 5. The molecule has 1 aromatic carbocycles. The minimum atomic E-state index is -1.30. The summed E-state index contributed by atoms with van der Waals surface area (Å²) < 4.78 is 20.1. The molecule has 0 radical (unpaired) electrons. The lowest BCUT2D eigenvalue weighted by atomic mass is 9.58. The highest BCUT2D eigenvalue weighted by Gasteiger charge is 2.61. The van der Waals surface area contributed by atoms with E-state index >= 15 is 0 Å². The Bertz CT molecular complexity index is 1640. The molecule has 0 N–H and O–H groups in total. The van der Waals surface area contributed by atoms with Gasteiger partial charge < -0.3 is 14.2 Å². The molecule has 2 aliphatic heterocycles. The summed E-state index contributed by atoms with van der Waals surface area (Å²) in [5, 5.41) is 0. The number of carbonyl (C=O) groups is 5. The molecule has 0 aromatic heterocycles. The van der Waals surface area contributed by atoms with E-state index in [1.165, 1.54) is 0 Å². The number of ketones is 5. The van der Waals surface area contributed by atoms with Crippen LogP contribution in [0.3, 0.4) is 0 Å². The summed E-state index contributed by atoms with van der Waals surface area (Å²) in [5.41, 5.74) is -2.84. The van der Waals surface area contributed by atoms with Gasteiger partial charge in [-0.15, -0.1) is 0 Å². The Morgan fingerprint density at radius 1 is 0.646 bits per heavy atom. The van der Waals surface area contributed by atoms with Crippen molar-refractivity contribution in [3.8, 4) is 17.2 Å². The van der Waals surface area contributed by atoms with Gasteiger partial charge >= 0.3 is 0 Å². The second-order valence-corrected chi connectivity index (χ2v) is 17.1. The van der Waals surface area contributed by atoms with Crippen LogP contribution < -0.4 is 14.2 Å². The van der Waals surface area contributed by atoms with E-state index in [-0.39, 0.29) is 75.9 Å². The van der Waals surface area contributed by atoms with E-state index in [4.69, 9.17) is 14.2 Å². The number of carbonyl (C=O) groups excluding carboxylic acids is 5. The van der Waals surface area contributed by atoms with Crippen LogP contribution >= 0.6 is 0 Å². The topological polar surface area (TPSA) is 113 Å². The van der Waals surface area contributed by atoms with Gasteiger partial charge in [0, 0.05) is 40.0 Å². The summed E-state index contributed by atoms with van der Waals surface area (Å²) in [7, 11) is 0. The van der Waals surface area contributed by atoms with Crippen LogP contribution in [0, 0.1) is 39.4 Å². The number of ether oxygens (including phenoxy) is 3. The molecule has 2 atom stereocenters. The number of benzene rings is 1. The molecule has 2 heterocycles. The number of rotatable bonds is 6. The molecule has 260 valence electrons. The maximum Gasteiger partial charge on any atom is 0.175 e. The lowest BCUT2D eigenvalue weighted by Crippen LogP contribution is -2.52. The number of hydrogen-bond acceptors (Lipinski definition) is 8. The van der Waals surface area contributed by atoms with Crippen molar-refractivity contribution in [2.45, 2.75) is 116 Å². The molecule has 0 spiro atoms. The Kier molecular flexibility index (Phi) is 8.18. The van der Waals surface area contributed by atoms with Gasteiger partial charge in [-0.05, 0) is 74.1 Å². The fraction of sp³-hybridized carbons (Fsp3) is 0.625. The van der Waals surface area contributed by atoms with E-state index in [1.807, 2.05) is 34.6 Å². The van der Waals surface area contributed by atoms with E-state index in [1.54, 1.807) is 69.2 Å². The quantitative estimate of drug-likeness (QED) is 0.222. The zero-order chi connectivity index (χ0) is 36.4. The van der Waals surface area contributed by atoms with Gasteiger partial charge in [0.2, 0.25) is 0 Å². The van der Waals surface area contributed by atoms with Crippen LogP contribution in [0.15, 0.2) is 22.7 Å². The van der Waals surface area contributed by atoms with Gasteiger partial charge in [0.05, 0.1) is 28.3 Å². The first kappa shape index (κ1) is 35.7. The molecule has 8 heteroatoms. The maximum absolute atomic E-state index is 14.5. The second-order valence-electron chi connectivity index (χ2n) is 17.1. The van der Waals surface area contributed by atoms with E-state index in [0.717, 1.165) is 0 Å². The normalized spacial score (nSPS) is 25.0. The van der Waals surface area contributed by atoms with Crippen molar-refractivity contribution in [3.05, 3.63) is 39.4 Å². The van der Waals surface area contributed by atoms with Gasteiger partial charge in [-0.25, -0.2) is 0 Å². The third-order valence-electron chi connectivity index (χ3n) is 11.0. The summed E-state index contributed by atoms with van der Waals surface area (Å²) >= 11 is 0. The van der Waals surface area contributed by atoms with Crippen molar-refractivity contribution in [1.29, 1.82) is 0 Å². The van der Waals surface area contributed by atoms with Crippen molar-refractivity contribution in [3.63, 3.8) is 0 Å². The minimum Gasteiger partial charge on any atom is -0.493 e. The third-order valence-corrected chi connectivity index (χ3v) is 11.0.